The molecule has 5 heteroatoms. The van der Waals surface area contributed by atoms with Crippen LogP contribution in [0.2, 0.25) is 0 Å². The third-order valence-corrected chi connectivity index (χ3v) is 2.07. The fourth-order valence-electron chi connectivity index (χ4n) is 1.33. The largest absolute Gasteiger partial charge is 0.465 e. The molecule has 15 heavy (non-hydrogen) atoms. The van der Waals surface area contributed by atoms with E-state index in [-0.39, 0.29) is 16.7 Å². The van der Waals surface area contributed by atoms with Gasteiger partial charge in [0.05, 0.1) is 23.8 Å². The second-order valence-corrected chi connectivity index (χ2v) is 2.93. The highest BCUT2D eigenvalue weighted by molar-refractivity contribution is 6.15. The standard InChI is InChI=1S/C10H6O5/c1-14-8(11)5-2-3-6-7(4-5)10(13)15-9(6)12/h2-4H,1H3. The van der Waals surface area contributed by atoms with Gasteiger partial charge in [-0.3, -0.25) is 0 Å². The summed E-state index contributed by atoms with van der Waals surface area (Å²) in [6, 6.07) is 4.06. The van der Waals surface area contributed by atoms with Crippen molar-refractivity contribution in [1.29, 1.82) is 0 Å². The van der Waals surface area contributed by atoms with E-state index < -0.39 is 17.9 Å². The van der Waals surface area contributed by atoms with Crippen LogP contribution in [0.3, 0.4) is 0 Å². The lowest BCUT2D eigenvalue weighted by atomic mass is 10.1. The van der Waals surface area contributed by atoms with E-state index in [2.05, 4.69) is 9.47 Å². The smallest absolute Gasteiger partial charge is 0.346 e. The van der Waals surface area contributed by atoms with E-state index in [0.717, 1.165) is 0 Å². The Balaban J connectivity index is 2.52. The molecule has 0 atom stereocenters. The van der Waals surface area contributed by atoms with Crippen molar-refractivity contribution in [3.63, 3.8) is 0 Å². The third-order valence-electron chi connectivity index (χ3n) is 2.07. The number of rotatable bonds is 1. The van der Waals surface area contributed by atoms with E-state index in [1.165, 1.54) is 25.3 Å². The molecule has 1 aliphatic heterocycles. The number of hydrogen-bond donors (Lipinski definition) is 0. The first-order valence-electron chi connectivity index (χ1n) is 4.12. The molecule has 0 amide bonds. The predicted octanol–water partition coefficient (Wildman–Crippen LogP) is 0.784. The van der Waals surface area contributed by atoms with Crippen molar-refractivity contribution in [2.24, 2.45) is 0 Å². The van der Waals surface area contributed by atoms with E-state index in [1.807, 2.05) is 0 Å². The summed E-state index contributed by atoms with van der Waals surface area (Å²) in [4.78, 5) is 33.4. The molecule has 0 saturated heterocycles. The zero-order valence-corrected chi connectivity index (χ0v) is 7.77. The number of benzene rings is 1. The molecule has 1 aliphatic rings. The minimum absolute atomic E-state index is 0.0999. The first-order chi connectivity index (χ1) is 7.13. The van der Waals surface area contributed by atoms with Crippen molar-refractivity contribution in [3.05, 3.63) is 34.9 Å². The minimum atomic E-state index is -0.735. The van der Waals surface area contributed by atoms with Gasteiger partial charge < -0.3 is 9.47 Å². The summed E-state index contributed by atoms with van der Waals surface area (Å²) in [6.07, 6.45) is 0. The van der Waals surface area contributed by atoms with Gasteiger partial charge in [0.25, 0.3) is 0 Å². The first-order valence-corrected chi connectivity index (χ1v) is 4.12. The Bertz CT molecular complexity index is 475. The second-order valence-electron chi connectivity index (χ2n) is 2.93. The average Bonchev–Trinajstić information content (AvgIpc) is 2.53. The van der Waals surface area contributed by atoms with E-state index in [0.29, 0.717) is 0 Å². The molecule has 0 saturated carbocycles. The molecule has 0 aliphatic carbocycles. The molecule has 0 unspecified atom stereocenters. The number of carbonyl (C=O) groups excluding carboxylic acids is 3. The summed E-state index contributed by atoms with van der Waals surface area (Å²) < 4.78 is 8.85. The predicted molar refractivity (Wildman–Crippen MR) is 47.5 cm³/mol. The zero-order chi connectivity index (χ0) is 11.0. The molecule has 1 heterocycles. The second kappa shape index (κ2) is 3.20. The van der Waals surface area contributed by atoms with Gasteiger partial charge in [-0.1, -0.05) is 0 Å². The van der Waals surface area contributed by atoms with Crippen molar-refractivity contribution in [1.82, 2.24) is 0 Å². The lowest BCUT2D eigenvalue weighted by Gasteiger charge is -1.99. The number of ether oxygens (including phenoxy) is 2. The molecule has 1 aromatic rings. The maximum Gasteiger partial charge on any atom is 0.346 e. The summed E-state index contributed by atoms with van der Waals surface area (Å²) in [5.74, 6) is -1.99. The van der Waals surface area contributed by atoms with Crippen LogP contribution in [-0.2, 0) is 9.47 Å². The Morgan fingerprint density at radius 3 is 2.53 bits per heavy atom. The molecular formula is C10H6O5. The maximum atomic E-state index is 11.1. The van der Waals surface area contributed by atoms with Gasteiger partial charge in [-0.2, -0.15) is 0 Å². The Morgan fingerprint density at radius 2 is 1.87 bits per heavy atom. The van der Waals surface area contributed by atoms with Gasteiger partial charge in [0, 0.05) is 0 Å². The highest BCUT2D eigenvalue weighted by Crippen LogP contribution is 2.21. The molecule has 76 valence electrons. The van der Waals surface area contributed by atoms with Gasteiger partial charge in [-0.05, 0) is 18.2 Å². The highest BCUT2D eigenvalue weighted by Gasteiger charge is 2.30. The van der Waals surface area contributed by atoms with Gasteiger partial charge in [-0.25, -0.2) is 14.4 Å². The molecule has 0 spiro atoms. The fourth-order valence-corrected chi connectivity index (χ4v) is 1.33. The lowest BCUT2D eigenvalue weighted by molar-refractivity contribution is 0.0443. The van der Waals surface area contributed by atoms with Crippen molar-refractivity contribution in [3.8, 4) is 0 Å². The maximum absolute atomic E-state index is 11.1. The quantitative estimate of drug-likeness (QED) is 0.501. The van der Waals surface area contributed by atoms with Crippen LogP contribution < -0.4 is 0 Å². The van der Waals surface area contributed by atoms with Crippen LogP contribution in [0.1, 0.15) is 31.1 Å². The molecular weight excluding hydrogens is 200 g/mol. The number of esters is 3. The van der Waals surface area contributed by atoms with Gasteiger partial charge in [0.15, 0.2) is 0 Å². The van der Waals surface area contributed by atoms with Crippen molar-refractivity contribution < 1.29 is 23.9 Å². The van der Waals surface area contributed by atoms with Crippen molar-refractivity contribution in [2.45, 2.75) is 0 Å². The monoisotopic (exact) mass is 206 g/mol. The van der Waals surface area contributed by atoms with Crippen LogP contribution in [0.25, 0.3) is 0 Å². The van der Waals surface area contributed by atoms with Gasteiger partial charge in [0.1, 0.15) is 0 Å². The summed E-state index contributed by atoms with van der Waals surface area (Å²) in [5.41, 5.74) is 0.485. The SMILES string of the molecule is COC(=O)c1ccc2c(c1)C(=O)OC2=O. The Labute approximate surface area is 84.6 Å². The lowest BCUT2D eigenvalue weighted by Crippen LogP contribution is -2.03. The summed E-state index contributed by atoms with van der Waals surface area (Å²) in [6.45, 7) is 0. The number of cyclic esters (lactones) is 2. The normalized spacial score (nSPS) is 13.4. The van der Waals surface area contributed by atoms with E-state index in [1.54, 1.807) is 0 Å². The Kier molecular flexibility index (Phi) is 2.00. The summed E-state index contributed by atoms with van der Waals surface area (Å²) in [7, 11) is 1.24. The van der Waals surface area contributed by atoms with Crippen molar-refractivity contribution in [2.75, 3.05) is 7.11 Å². The van der Waals surface area contributed by atoms with Gasteiger partial charge in [0.2, 0.25) is 0 Å². The summed E-state index contributed by atoms with van der Waals surface area (Å²) in [5, 5.41) is 0. The van der Waals surface area contributed by atoms with E-state index in [9.17, 15) is 14.4 Å². The molecule has 1 aromatic carbocycles. The van der Waals surface area contributed by atoms with Gasteiger partial charge >= 0.3 is 17.9 Å². The van der Waals surface area contributed by atoms with Crippen LogP contribution in [0.4, 0.5) is 0 Å². The van der Waals surface area contributed by atoms with Crippen LogP contribution in [0.5, 0.6) is 0 Å². The number of carbonyl (C=O) groups is 3. The molecule has 0 radical (unpaired) electrons. The van der Waals surface area contributed by atoms with Crippen molar-refractivity contribution >= 4 is 17.9 Å². The highest BCUT2D eigenvalue weighted by atomic mass is 16.6. The van der Waals surface area contributed by atoms with Crippen LogP contribution >= 0.6 is 0 Å². The van der Waals surface area contributed by atoms with E-state index in [4.69, 9.17) is 0 Å². The summed E-state index contributed by atoms with van der Waals surface area (Å²) >= 11 is 0. The number of methoxy groups -OCH3 is 1. The molecule has 0 N–H and O–H groups in total. The van der Waals surface area contributed by atoms with Crippen LogP contribution in [0, 0.1) is 0 Å². The minimum Gasteiger partial charge on any atom is -0.465 e. The molecule has 5 nitrogen and oxygen atoms in total. The van der Waals surface area contributed by atoms with E-state index >= 15 is 0 Å². The Hall–Kier alpha value is -2.17. The fraction of sp³-hybridized carbons (Fsp3) is 0.100. The number of hydrogen-bond acceptors (Lipinski definition) is 5. The molecule has 0 fully saturated rings. The molecule has 0 bridgehead atoms. The average molecular weight is 206 g/mol. The topological polar surface area (TPSA) is 69.7 Å². The molecule has 2 rings (SSSR count). The van der Waals surface area contributed by atoms with Crippen LogP contribution in [-0.4, -0.2) is 25.0 Å². The van der Waals surface area contributed by atoms with Crippen LogP contribution in [0.15, 0.2) is 18.2 Å². The molecule has 0 aromatic heterocycles. The zero-order valence-electron chi connectivity index (χ0n) is 7.77. The number of fused-ring (bicyclic) bond motifs is 1. The first kappa shape index (κ1) is 9.39. The Morgan fingerprint density at radius 1 is 1.20 bits per heavy atom. The third kappa shape index (κ3) is 1.38. The van der Waals surface area contributed by atoms with Gasteiger partial charge in [-0.15, -0.1) is 0 Å².